The van der Waals surface area contributed by atoms with Crippen LogP contribution in [0.5, 0.6) is 0 Å². The zero-order chi connectivity index (χ0) is 18.5. The van der Waals surface area contributed by atoms with Gasteiger partial charge in [-0.05, 0) is 36.4 Å². The molecule has 1 fully saturated rings. The molecular weight excluding hydrogens is 335 g/mol. The Morgan fingerprint density at radius 3 is 2.69 bits per heavy atom. The number of quaternary nitrogens is 1. The van der Waals surface area contributed by atoms with Crippen molar-refractivity contribution in [2.45, 2.75) is 18.9 Å². The van der Waals surface area contributed by atoms with E-state index in [9.17, 15) is 14.0 Å². The number of benzene rings is 1. The third kappa shape index (κ3) is 4.49. The average Bonchev–Trinajstić information content (AvgIpc) is 3.23. The van der Waals surface area contributed by atoms with E-state index in [4.69, 9.17) is 0 Å². The Kier molecular flexibility index (Phi) is 5.68. The second kappa shape index (κ2) is 8.14. The second-order valence-electron chi connectivity index (χ2n) is 6.66. The number of hydrogen-bond donors (Lipinski definition) is 3. The summed E-state index contributed by atoms with van der Waals surface area (Å²) in [7, 11) is 2.02. The summed E-state index contributed by atoms with van der Waals surface area (Å²) in [5.74, 6) is -0.839. The number of carbonyl (C=O) groups excluding carboxylic acids is 2. The van der Waals surface area contributed by atoms with Crippen molar-refractivity contribution in [3.8, 4) is 0 Å². The topological polar surface area (TPSA) is 67.6 Å². The van der Waals surface area contributed by atoms with Gasteiger partial charge in [0.2, 0.25) is 5.91 Å². The maximum Gasteiger partial charge on any atom is 0.275 e. The second-order valence-corrected chi connectivity index (χ2v) is 6.66. The van der Waals surface area contributed by atoms with Crippen molar-refractivity contribution in [1.29, 1.82) is 0 Å². The minimum atomic E-state index is -0.363. The van der Waals surface area contributed by atoms with Crippen LogP contribution in [0.3, 0.4) is 0 Å². The summed E-state index contributed by atoms with van der Waals surface area (Å²) in [5.41, 5.74) is 1.74. The number of aromatic nitrogens is 1. The summed E-state index contributed by atoms with van der Waals surface area (Å²) >= 11 is 0. The number of nitrogens with one attached hydrogen (secondary N) is 3. The van der Waals surface area contributed by atoms with Crippen LogP contribution < -0.4 is 15.5 Å². The monoisotopic (exact) mass is 359 g/mol. The van der Waals surface area contributed by atoms with Crippen molar-refractivity contribution in [2.24, 2.45) is 7.05 Å². The Hall–Kier alpha value is -2.67. The molecule has 2 heterocycles. The van der Waals surface area contributed by atoms with Gasteiger partial charge in [0.25, 0.3) is 5.91 Å². The van der Waals surface area contributed by atoms with E-state index >= 15 is 0 Å². The lowest BCUT2D eigenvalue weighted by atomic mass is 10.1. The van der Waals surface area contributed by atoms with Crippen LogP contribution in [0.4, 0.5) is 10.1 Å². The predicted molar refractivity (Wildman–Crippen MR) is 96.1 cm³/mol. The Labute approximate surface area is 152 Å². The number of nitrogens with zero attached hydrogens (tertiary/aromatic N) is 1. The van der Waals surface area contributed by atoms with Crippen LogP contribution in [0.2, 0.25) is 0 Å². The molecule has 1 aliphatic rings. The van der Waals surface area contributed by atoms with Gasteiger partial charge in [0.05, 0.1) is 18.8 Å². The van der Waals surface area contributed by atoms with Crippen molar-refractivity contribution < 1.29 is 18.9 Å². The molecule has 138 valence electrons. The number of halogens is 1. The third-order valence-electron chi connectivity index (χ3n) is 4.79. The van der Waals surface area contributed by atoms with E-state index in [1.807, 2.05) is 19.3 Å². The molecule has 0 aliphatic carbocycles. The van der Waals surface area contributed by atoms with Gasteiger partial charge in [0, 0.05) is 31.8 Å². The smallest absolute Gasteiger partial charge is 0.275 e. The minimum Gasteiger partial charge on any atom is -0.350 e. The first kappa shape index (κ1) is 18.1. The lowest BCUT2D eigenvalue weighted by Crippen LogP contribution is -3.11. The maximum atomic E-state index is 12.9. The van der Waals surface area contributed by atoms with Gasteiger partial charge in [-0.25, -0.2) is 4.39 Å². The Balaban J connectivity index is 1.47. The fourth-order valence-electron chi connectivity index (χ4n) is 3.50. The molecule has 0 radical (unpaired) electrons. The van der Waals surface area contributed by atoms with Gasteiger partial charge in [-0.2, -0.15) is 0 Å². The van der Waals surface area contributed by atoms with Crippen LogP contribution in [0.25, 0.3) is 0 Å². The summed E-state index contributed by atoms with van der Waals surface area (Å²) < 4.78 is 15.0. The van der Waals surface area contributed by atoms with E-state index < -0.39 is 0 Å². The molecule has 2 atom stereocenters. The highest BCUT2D eigenvalue weighted by Crippen LogP contribution is 2.18. The molecule has 0 bridgehead atoms. The lowest BCUT2D eigenvalue weighted by molar-refractivity contribution is -0.911. The van der Waals surface area contributed by atoms with Gasteiger partial charge in [-0.15, -0.1) is 0 Å². The summed E-state index contributed by atoms with van der Waals surface area (Å²) in [5, 5.41) is 5.30. The van der Waals surface area contributed by atoms with E-state index in [2.05, 4.69) is 21.3 Å². The van der Waals surface area contributed by atoms with Gasteiger partial charge in [-0.3, -0.25) is 9.59 Å². The van der Waals surface area contributed by atoms with Crippen LogP contribution >= 0.6 is 0 Å². The number of likely N-dealkylation sites (tertiary alicyclic amines) is 1. The van der Waals surface area contributed by atoms with Gasteiger partial charge >= 0.3 is 0 Å². The predicted octanol–water partition coefficient (Wildman–Crippen LogP) is 0.639. The number of amides is 2. The zero-order valence-corrected chi connectivity index (χ0v) is 14.8. The van der Waals surface area contributed by atoms with Crippen LogP contribution in [0.1, 0.15) is 24.6 Å². The molecule has 7 heteroatoms. The number of carbonyl (C=O) groups is 2. The molecule has 3 N–H and O–H groups in total. The molecular formula is C19H24FN4O2+. The van der Waals surface area contributed by atoms with Crippen LogP contribution in [-0.4, -0.2) is 36.0 Å². The van der Waals surface area contributed by atoms with E-state index in [0.29, 0.717) is 18.3 Å². The molecule has 3 rings (SSSR count). The van der Waals surface area contributed by atoms with Gasteiger partial charge in [-0.1, -0.05) is 0 Å². The highest BCUT2D eigenvalue weighted by atomic mass is 19.1. The van der Waals surface area contributed by atoms with E-state index in [0.717, 1.165) is 19.4 Å². The molecule has 1 saturated heterocycles. The molecule has 0 spiro atoms. The highest BCUT2D eigenvalue weighted by molar-refractivity contribution is 5.94. The first-order valence-corrected chi connectivity index (χ1v) is 8.81. The summed E-state index contributed by atoms with van der Waals surface area (Å²) in [6.45, 7) is 1.20. The quantitative estimate of drug-likeness (QED) is 0.709. The lowest BCUT2D eigenvalue weighted by Gasteiger charge is -2.21. The normalized spacial score (nSPS) is 19.3. The molecule has 2 aromatic rings. The number of anilines is 1. The minimum absolute atomic E-state index is 0.0989. The largest absolute Gasteiger partial charge is 0.350 e. The molecule has 2 amide bonds. The SMILES string of the molecule is Cn1cccc1[C@H]1CCC[NH+]1CC(=O)NCC(=O)Nc1ccc(F)cc1. The fourth-order valence-corrected chi connectivity index (χ4v) is 3.50. The summed E-state index contributed by atoms with van der Waals surface area (Å²) in [6.07, 6.45) is 4.17. The van der Waals surface area contributed by atoms with E-state index in [1.165, 1.54) is 34.9 Å². The zero-order valence-electron chi connectivity index (χ0n) is 14.8. The molecule has 1 aromatic carbocycles. The first-order valence-electron chi connectivity index (χ1n) is 8.81. The van der Waals surface area contributed by atoms with Crippen molar-refractivity contribution in [3.05, 3.63) is 54.1 Å². The molecule has 26 heavy (non-hydrogen) atoms. The van der Waals surface area contributed by atoms with Gasteiger partial charge in [0.15, 0.2) is 6.54 Å². The summed E-state index contributed by atoms with van der Waals surface area (Å²) in [4.78, 5) is 25.4. The molecule has 1 aliphatic heterocycles. The molecule has 1 unspecified atom stereocenters. The Morgan fingerprint density at radius 1 is 1.23 bits per heavy atom. The third-order valence-corrected chi connectivity index (χ3v) is 4.79. The first-order chi connectivity index (χ1) is 12.5. The highest BCUT2D eigenvalue weighted by Gasteiger charge is 2.32. The fraction of sp³-hybridized carbons (Fsp3) is 0.368. The number of hydrogen-bond acceptors (Lipinski definition) is 2. The van der Waals surface area contributed by atoms with Crippen LogP contribution in [0.15, 0.2) is 42.6 Å². The standard InChI is InChI=1S/C19H23FN4O2/c1-23-10-2-4-16(23)17-5-3-11-24(17)13-19(26)21-12-18(25)22-15-8-6-14(20)7-9-15/h2,4,6-10,17H,3,5,11-13H2,1H3,(H,21,26)(H,22,25)/p+1/t17-/m1/s1. The Morgan fingerprint density at radius 2 is 2.00 bits per heavy atom. The molecule has 6 nitrogen and oxygen atoms in total. The van der Waals surface area contributed by atoms with Crippen molar-refractivity contribution >= 4 is 17.5 Å². The average molecular weight is 359 g/mol. The van der Waals surface area contributed by atoms with Gasteiger partial charge < -0.3 is 20.1 Å². The van der Waals surface area contributed by atoms with Crippen molar-refractivity contribution in [2.75, 3.05) is 25.0 Å². The van der Waals surface area contributed by atoms with Crippen LogP contribution in [0, 0.1) is 5.82 Å². The van der Waals surface area contributed by atoms with E-state index in [-0.39, 0.29) is 24.2 Å². The molecule has 0 saturated carbocycles. The van der Waals surface area contributed by atoms with Crippen LogP contribution in [-0.2, 0) is 16.6 Å². The number of aryl methyl sites for hydroxylation is 1. The van der Waals surface area contributed by atoms with Crippen molar-refractivity contribution in [1.82, 2.24) is 9.88 Å². The number of rotatable bonds is 6. The molecule has 1 aromatic heterocycles. The summed E-state index contributed by atoms with van der Waals surface area (Å²) in [6, 6.07) is 9.94. The van der Waals surface area contributed by atoms with Gasteiger partial charge in [0.1, 0.15) is 11.9 Å². The Bertz CT molecular complexity index is 772. The maximum absolute atomic E-state index is 12.9. The van der Waals surface area contributed by atoms with Crippen molar-refractivity contribution in [3.63, 3.8) is 0 Å². The van der Waals surface area contributed by atoms with E-state index in [1.54, 1.807) is 0 Å².